The topological polar surface area (TPSA) is 58.4 Å². The third-order valence-electron chi connectivity index (χ3n) is 2.49. The van der Waals surface area contributed by atoms with E-state index in [1.165, 1.54) is 0 Å². The fourth-order valence-electron chi connectivity index (χ4n) is 1.56. The van der Waals surface area contributed by atoms with Crippen LogP contribution < -0.4 is 11.1 Å². The molecule has 0 saturated carbocycles. The number of nitrogens with zero attached hydrogens (tertiary/aromatic N) is 1. The lowest BCUT2D eigenvalue weighted by molar-refractivity contribution is -0.130. The van der Waals surface area contributed by atoms with Gasteiger partial charge in [-0.05, 0) is 25.6 Å². The van der Waals surface area contributed by atoms with E-state index in [0.29, 0.717) is 6.54 Å². The smallest absolute Gasteiger partial charge is 0.235 e. The van der Waals surface area contributed by atoms with Gasteiger partial charge in [-0.15, -0.1) is 11.8 Å². The second-order valence-corrected chi connectivity index (χ2v) is 5.18. The molecule has 0 aromatic rings. The van der Waals surface area contributed by atoms with E-state index in [9.17, 15) is 4.79 Å². The summed E-state index contributed by atoms with van der Waals surface area (Å²) < 4.78 is 0. The van der Waals surface area contributed by atoms with Crippen molar-refractivity contribution in [1.29, 1.82) is 0 Å². The van der Waals surface area contributed by atoms with E-state index in [4.69, 9.17) is 5.73 Å². The fraction of sp³-hybridized carbons (Fsp3) is 0.900. The van der Waals surface area contributed by atoms with E-state index < -0.39 is 0 Å². The van der Waals surface area contributed by atoms with E-state index in [1.807, 2.05) is 11.8 Å². The van der Waals surface area contributed by atoms with Crippen LogP contribution in [0.1, 0.15) is 13.3 Å². The Morgan fingerprint density at radius 2 is 2.20 bits per heavy atom. The number of rotatable bonds is 5. The van der Waals surface area contributed by atoms with Crippen molar-refractivity contribution in [3.8, 4) is 0 Å². The molecular weight excluding hydrogens is 210 g/mol. The van der Waals surface area contributed by atoms with Gasteiger partial charge in [0.1, 0.15) is 0 Å². The van der Waals surface area contributed by atoms with Crippen molar-refractivity contribution in [2.24, 2.45) is 5.73 Å². The zero-order chi connectivity index (χ0) is 11.1. The van der Waals surface area contributed by atoms with Crippen molar-refractivity contribution in [2.75, 3.05) is 38.5 Å². The summed E-state index contributed by atoms with van der Waals surface area (Å²) in [7, 11) is 0. The molecule has 1 aliphatic heterocycles. The van der Waals surface area contributed by atoms with Gasteiger partial charge < -0.3 is 16.0 Å². The minimum atomic E-state index is 0.0784. The number of nitrogens with one attached hydrogen (secondary N) is 1. The monoisotopic (exact) mass is 231 g/mol. The highest BCUT2D eigenvalue weighted by Gasteiger charge is 2.21. The maximum Gasteiger partial charge on any atom is 0.235 e. The van der Waals surface area contributed by atoms with Gasteiger partial charge in [0.15, 0.2) is 0 Å². The van der Waals surface area contributed by atoms with Crippen LogP contribution in [0.2, 0.25) is 0 Å². The van der Waals surface area contributed by atoms with Gasteiger partial charge >= 0.3 is 0 Å². The standard InChI is InChI=1S/C10H21N3OS/c1-9(15-8-2-3-11)10(14)13-6-4-12-5-7-13/h9,12H,2-8,11H2,1H3. The number of carbonyl (C=O) groups is 1. The first-order valence-electron chi connectivity index (χ1n) is 5.57. The highest BCUT2D eigenvalue weighted by Crippen LogP contribution is 2.14. The first kappa shape index (κ1) is 12.8. The van der Waals surface area contributed by atoms with Crippen molar-refractivity contribution in [3.05, 3.63) is 0 Å². The van der Waals surface area contributed by atoms with Gasteiger partial charge in [0.2, 0.25) is 5.91 Å². The Kier molecular flexibility index (Phi) is 6.05. The van der Waals surface area contributed by atoms with Gasteiger partial charge in [-0.2, -0.15) is 0 Å². The second kappa shape index (κ2) is 7.09. The minimum Gasteiger partial charge on any atom is -0.339 e. The molecule has 0 aromatic carbocycles. The molecule has 0 spiro atoms. The lowest BCUT2D eigenvalue weighted by Gasteiger charge is -2.29. The van der Waals surface area contributed by atoms with Crippen molar-refractivity contribution in [2.45, 2.75) is 18.6 Å². The molecule has 1 unspecified atom stereocenters. The zero-order valence-corrected chi connectivity index (χ0v) is 10.2. The van der Waals surface area contributed by atoms with E-state index >= 15 is 0 Å². The van der Waals surface area contributed by atoms with Crippen molar-refractivity contribution in [3.63, 3.8) is 0 Å². The first-order valence-corrected chi connectivity index (χ1v) is 6.61. The summed E-state index contributed by atoms with van der Waals surface area (Å²) in [6.07, 6.45) is 0.990. The zero-order valence-electron chi connectivity index (χ0n) is 9.37. The van der Waals surface area contributed by atoms with E-state index in [0.717, 1.165) is 38.4 Å². The Hall–Kier alpha value is -0.260. The third-order valence-corrected chi connectivity index (χ3v) is 3.72. The lowest BCUT2D eigenvalue weighted by atomic mass is 10.3. The Balaban J connectivity index is 2.24. The van der Waals surface area contributed by atoms with Crippen molar-refractivity contribution < 1.29 is 4.79 Å². The Morgan fingerprint density at radius 1 is 1.53 bits per heavy atom. The molecule has 0 aromatic heterocycles. The molecule has 88 valence electrons. The molecule has 4 nitrogen and oxygen atoms in total. The molecule has 1 heterocycles. The number of piperazine rings is 1. The highest BCUT2D eigenvalue weighted by molar-refractivity contribution is 8.00. The van der Waals surface area contributed by atoms with Crippen LogP contribution in [0.15, 0.2) is 0 Å². The SMILES string of the molecule is CC(SCCCN)C(=O)N1CCNCC1. The summed E-state index contributed by atoms with van der Waals surface area (Å²) in [6, 6.07) is 0. The lowest BCUT2D eigenvalue weighted by Crippen LogP contribution is -2.48. The average Bonchev–Trinajstić information content (AvgIpc) is 2.29. The molecule has 1 aliphatic rings. The van der Waals surface area contributed by atoms with E-state index in [1.54, 1.807) is 11.8 Å². The molecule has 1 fully saturated rings. The van der Waals surface area contributed by atoms with Crippen LogP contribution in [0.25, 0.3) is 0 Å². The summed E-state index contributed by atoms with van der Waals surface area (Å²) in [4.78, 5) is 13.9. The third kappa shape index (κ3) is 4.40. The van der Waals surface area contributed by atoms with Crippen LogP contribution in [0, 0.1) is 0 Å². The Bertz CT molecular complexity index is 195. The molecule has 1 atom stereocenters. The summed E-state index contributed by atoms with van der Waals surface area (Å²) in [5.74, 6) is 1.26. The van der Waals surface area contributed by atoms with Crippen LogP contribution in [0.4, 0.5) is 0 Å². The molecule has 1 amide bonds. The van der Waals surface area contributed by atoms with Crippen molar-refractivity contribution >= 4 is 17.7 Å². The first-order chi connectivity index (χ1) is 7.25. The van der Waals surface area contributed by atoms with Crippen LogP contribution in [-0.2, 0) is 4.79 Å². The van der Waals surface area contributed by atoms with Gasteiger partial charge in [0, 0.05) is 26.2 Å². The number of carbonyl (C=O) groups excluding carboxylic acids is 1. The molecule has 15 heavy (non-hydrogen) atoms. The number of amides is 1. The highest BCUT2D eigenvalue weighted by atomic mass is 32.2. The predicted octanol–water partition coefficient (Wildman–Crippen LogP) is -0.111. The fourth-order valence-corrected chi connectivity index (χ4v) is 2.54. The Labute approximate surface area is 96.0 Å². The number of nitrogens with two attached hydrogens (primary N) is 1. The van der Waals surface area contributed by atoms with Gasteiger partial charge in [-0.3, -0.25) is 4.79 Å². The normalized spacial score (nSPS) is 18.9. The molecule has 1 saturated heterocycles. The quantitative estimate of drug-likeness (QED) is 0.648. The summed E-state index contributed by atoms with van der Waals surface area (Å²) in [5, 5.41) is 3.32. The molecule has 0 bridgehead atoms. The molecule has 0 aliphatic carbocycles. The summed E-state index contributed by atoms with van der Waals surface area (Å²) >= 11 is 1.71. The van der Waals surface area contributed by atoms with Crippen LogP contribution in [0.5, 0.6) is 0 Å². The Morgan fingerprint density at radius 3 is 2.80 bits per heavy atom. The molecule has 3 N–H and O–H groups in total. The van der Waals surface area contributed by atoms with Gasteiger partial charge in [-0.1, -0.05) is 0 Å². The average molecular weight is 231 g/mol. The van der Waals surface area contributed by atoms with Crippen LogP contribution in [0.3, 0.4) is 0 Å². The largest absolute Gasteiger partial charge is 0.339 e. The van der Waals surface area contributed by atoms with Gasteiger partial charge in [-0.25, -0.2) is 0 Å². The second-order valence-electron chi connectivity index (χ2n) is 3.73. The molecule has 1 rings (SSSR count). The van der Waals surface area contributed by atoms with E-state index in [-0.39, 0.29) is 11.2 Å². The maximum atomic E-state index is 11.9. The van der Waals surface area contributed by atoms with Gasteiger partial charge in [0.25, 0.3) is 0 Å². The van der Waals surface area contributed by atoms with E-state index in [2.05, 4.69) is 5.32 Å². The summed E-state index contributed by atoms with van der Waals surface area (Å²) in [6.45, 7) is 6.24. The number of hydrogen-bond donors (Lipinski definition) is 2. The van der Waals surface area contributed by atoms with Crippen LogP contribution in [-0.4, -0.2) is 54.5 Å². The minimum absolute atomic E-state index is 0.0784. The molecule has 0 radical (unpaired) electrons. The molecule has 5 heteroatoms. The maximum absolute atomic E-state index is 11.9. The molecular formula is C10H21N3OS. The van der Waals surface area contributed by atoms with Gasteiger partial charge in [0.05, 0.1) is 5.25 Å². The van der Waals surface area contributed by atoms with Crippen LogP contribution >= 0.6 is 11.8 Å². The number of hydrogen-bond acceptors (Lipinski definition) is 4. The number of thioether (sulfide) groups is 1. The predicted molar refractivity (Wildman–Crippen MR) is 65.0 cm³/mol. The summed E-state index contributed by atoms with van der Waals surface area (Å²) in [5.41, 5.74) is 5.42. The van der Waals surface area contributed by atoms with Crippen molar-refractivity contribution in [1.82, 2.24) is 10.2 Å².